The van der Waals surface area contributed by atoms with Crippen molar-refractivity contribution in [3.8, 4) is 5.75 Å². The number of nitrogens with one attached hydrogen (secondary N) is 2. The number of rotatable bonds is 7. The predicted octanol–water partition coefficient (Wildman–Crippen LogP) is 7.00. The van der Waals surface area contributed by atoms with Crippen LogP contribution in [0.5, 0.6) is 5.75 Å². The second kappa shape index (κ2) is 8.62. The van der Waals surface area contributed by atoms with Gasteiger partial charge >= 0.3 is 0 Å². The van der Waals surface area contributed by atoms with E-state index < -0.39 is 0 Å². The summed E-state index contributed by atoms with van der Waals surface area (Å²) in [4.78, 5) is 12.7. The number of amides is 1. The average molecular weight is 483 g/mol. The minimum atomic E-state index is -0.146. The van der Waals surface area contributed by atoms with Crippen LogP contribution in [0.1, 0.15) is 63.5 Å². The molecule has 188 valence electrons. The van der Waals surface area contributed by atoms with E-state index in [1.165, 1.54) is 54.9 Å². The van der Waals surface area contributed by atoms with Gasteiger partial charge in [0.25, 0.3) is 5.91 Å². The van der Waals surface area contributed by atoms with Gasteiger partial charge in [-0.3, -0.25) is 4.79 Å². The molecule has 4 bridgehead atoms. The summed E-state index contributed by atoms with van der Waals surface area (Å²) in [7, 11) is 0. The fraction of sp³-hybridized carbons (Fsp3) is 0.469. The molecule has 0 aromatic heterocycles. The van der Waals surface area contributed by atoms with E-state index in [9.17, 15) is 4.79 Å². The first-order valence-electron chi connectivity index (χ1n) is 13.5. The third kappa shape index (κ3) is 4.52. The number of fused-ring (bicyclic) bond motifs is 1. The molecule has 0 heterocycles. The van der Waals surface area contributed by atoms with Crippen molar-refractivity contribution >= 4 is 22.4 Å². The van der Waals surface area contributed by atoms with E-state index in [1.54, 1.807) is 0 Å². The van der Waals surface area contributed by atoms with Crippen molar-refractivity contribution in [1.29, 1.82) is 0 Å². The predicted molar refractivity (Wildman–Crippen MR) is 146 cm³/mol. The van der Waals surface area contributed by atoms with Crippen molar-refractivity contribution in [1.82, 2.24) is 5.32 Å². The van der Waals surface area contributed by atoms with Gasteiger partial charge in [-0.15, -0.1) is 0 Å². The smallest absolute Gasteiger partial charge is 0.262 e. The fourth-order valence-electron chi connectivity index (χ4n) is 8.53. The zero-order valence-electron chi connectivity index (χ0n) is 21.8. The molecule has 7 rings (SSSR count). The highest BCUT2D eigenvalue weighted by Gasteiger charge is 2.59. The summed E-state index contributed by atoms with van der Waals surface area (Å²) in [5.41, 5.74) is 4.25. The van der Waals surface area contributed by atoms with Crippen LogP contribution in [0.25, 0.3) is 10.8 Å². The Morgan fingerprint density at radius 1 is 0.917 bits per heavy atom. The Labute approximate surface area is 214 Å². The molecule has 3 aromatic carbocycles. The molecule has 4 fully saturated rings. The Morgan fingerprint density at radius 3 is 2.36 bits per heavy atom. The molecule has 4 aliphatic rings. The number of aryl methyl sites for hydroxylation is 1. The quantitative estimate of drug-likeness (QED) is 0.381. The normalized spacial score (nSPS) is 30.5. The summed E-state index contributed by atoms with van der Waals surface area (Å²) in [5.74, 6) is 1.49. The van der Waals surface area contributed by atoms with Gasteiger partial charge in [-0.1, -0.05) is 61.9 Å². The van der Waals surface area contributed by atoms with Crippen molar-refractivity contribution in [2.75, 3.05) is 11.9 Å². The molecule has 3 aromatic rings. The van der Waals surface area contributed by atoms with Gasteiger partial charge in [-0.05, 0) is 91.2 Å². The highest BCUT2D eigenvalue weighted by molar-refractivity contribution is 5.92. The lowest BCUT2D eigenvalue weighted by molar-refractivity contribution is -0.119. The van der Waals surface area contributed by atoms with E-state index in [-0.39, 0.29) is 18.1 Å². The van der Waals surface area contributed by atoms with Crippen LogP contribution in [-0.4, -0.2) is 18.1 Å². The van der Waals surface area contributed by atoms with E-state index in [0.29, 0.717) is 10.8 Å². The Kier molecular flexibility index (Phi) is 5.64. The molecule has 4 heteroatoms. The first-order valence-corrected chi connectivity index (χ1v) is 13.5. The molecule has 0 aliphatic heterocycles. The van der Waals surface area contributed by atoms with Gasteiger partial charge in [0, 0.05) is 23.3 Å². The summed E-state index contributed by atoms with van der Waals surface area (Å²) in [6.45, 7) is 7.82. The SMILES string of the molecule is Cc1ccc(NC(=O)COc2ccc3ccccc3c2CNC23CC4C[C@@](C)(C2)C[C@](C)(C4)C3)cc1. The van der Waals surface area contributed by atoms with E-state index in [2.05, 4.69) is 54.8 Å². The second-order valence-electron chi connectivity index (χ2n) is 12.7. The zero-order valence-corrected chi connectivity index (χ0v) is 21.8. The van der Waals surface area contributed by atoms with E-state index in [0.717, 1.165) is 29.5 Å². The summed E-state index contributed by atoms with van der Waals surface area (Å²) in [6, 6.07) is 20.5. The lowest BCUT2D eigenvalue weighted by Crippen LogP contribution is -2.63. The van der Waals surface area contributed by atoms with Crippen LogP contribution in [-0.2, 0) is 11.3 Å². The monoisotopic (exact) mass is 482 g/mol. The molecular weight excluding hydrogens is 444 g/mol. The largest absolute Gasteiger partial charge is 0.483 e. The van der Waals surface area contributed by atoms with Gasteiger partial charge in [-0.2, -0.15) is 0 Å². The van der Waals surface area contributed by atoms with Gasteiger partial charge in [0.2, 0.25) is 0 Å². The maximum Gasteiger partial charge on any atom is 0.262 e. The summed E-state index contributed by atoms with van der Waals surface area (Å²) in [5, 5.41) is 9.43. The standard InChI is InChI=1S/C32H38N2O2/c1-22-8-11-25(12-9-22)34-29(35)18-36-28-13-10-24-6-4-5-7-26(24)27(28)17-33-32-16-23-14-30(2,20-32)19-31(3,15-23)21-32/h4-13,23,33H,14-21H2,1-3H3,(H,34,35)/t23?,30-,31+,32?. The second-order valence-corrected chi connectivity index (χ2v) is 12.7. The number of hydrogen-bond donors (Lipinski definition) is 2. The molecule has 0 radical (unpaired) electrons. The Hall–Kier alpha value is -2.85. The lowest BCUT2D eigenvalue weighted by Gasteiger charge is -2.65. The molecule has 4 atom stereocenters. The summed E-state index contributed by atoms with van der Waals surface area (Å²) in [6.07, 6.45) is 7.99. The molecule has 4 saturated carbocycles. The first-order chi connectivity index (χ1) is 17.2. The van der Waals surface area contributed by atoms with Crippen LogP contribution < -0.4 is 15.4 Å². The molecule has 4 aliphatic carbocycles. The molecule has 1 amide bonds. The topological polar surface area (TPSA) is 50.4 Å². The highest BCUT2D eigenvalue weighted by atomic mass is 16.5. The molecule has 0 saturated heterocycles. The molecule has 0 spiro atoms. The van der Waals surface area contributed by atoms with Gasteiger partial charge < -0.3 is 15.4 Å². The molecule has 2 N–H and O–H groups in total. The van der Waals surface area contributed by atoms with Crippen LogP contribution in [0.4, 0.5) is 5.69 Å². The number of anilines is 1. The van der Waals surface area contributed by atoms with Crippen LogP contribution >= 0.6 is 0 Å². The van der Waals surface area contributed by atoms with E-state index >= 15 is 0 Å². The van der Waals surface area contributed by atoms with Gasteiger partial charge in [-0.25, -0.2) is 0 Å². The Balaban J connectivity index is 1.22. The third-order valence-corrected chi connectivity index (χ3v) is 8.96. The average Bonchev–Trinajstić information content (AvgIpc) is 2.81. The Morgan fingerprint density at radius 2 is 1.64 bits per heavy atom. The summed E-state index contributed by atoms with van der Waals surface area (Å²) >= 11 is 0. The van der Waals surface area contributed by atoms with Crippen molar-refractivity contribution in [2.24, 2.45) is 16.7 Å². The van der Waals surface area contributed by atoms with Gasteiger partial charge in [0.15, 0.2) is 6.61 Å². The maximum absolute atomic E-state index is 12.7. The number of benzene rings is 3. The van der Waals surface area contributed by atoms with Crippen molar-refractivity contribution < 1.29 is 9.53 Å². The Bertz CT molecular complexity index is 1280. The number of hydrogen-bond acceptors (Lipinski definition) is 3. The lowest BCUT2D eigenvalue weighted by atomic mass is 9.43. The van der Waals surface area contributed by atoms with Gasteiger partial charge in [0.05, 0.1) is 0 Å². The van der Waals surface area contributed by atoms with Crippen molar-refractivity contribution in [3.63, 3.8) is 0 Å². The van der Waals surface area contributed by atoms with Crippen molar-refractivity contribution in [3.05, 3.63) is 71.8 Å². The highest BCUT2D eigenvalue weighted by Crippen LogP contribution is 2.66. The molecule has 2 unspecified atom stereocenters. The van der Waals surface area contributed by atoms with E-state index in [4.69, 9.17) is 4.74 Å². The first kappa shape index (κ1) is 23.5. The number of carbonyl (C=O) groups excluding carboxylic acids is 1. The summed E-state index contributed by atoms with van der Waals surface area (Å²) < 4.78 is 6.16. The molecular formula is C32H38N2O2. The fourth-order valence-corrected chi connectivity index (χ4v) is 8.53. The number of ether oxygens (including phenoxy) is 1. The minimum absolute atomic E-state index is 0.0113. The van der Waals surface area contributed by atoms with Crippen LogP contribution in [0, 0.1) is 23.7 Å². The minimum Gasteiger partial charge on any atom is -0.483 e. The van der Waals surface area contributed by atoms with Crippen LogP contribution in [0.3, 0.4) is 0 Å². The molecule has 36 heavy (non-hydrogen) atoms. The van der Waals surface area contributed by atoms with Gasteiger partial charge in [0.1, 0.15) is 5.75 Å². The van der Waals surface area contributed by atoms with E-state index in [1.807, 2.05) is 37.3 Å². The zero-order chi connectivity index (χ0) is 25.0. The van der Waals surface area contributed by atoms with Crippen LogP contribution in [0.15, 0.2) is 60.7 Å². The number of carbonyl (C=O) groups is 1. The van der Waals surface area contributed by atoms with Crippen LogP contribution in [0.2, 0.25) is 0 Å². The molecule has 4 nitrogen and oxygen atoms in total. The van der Waals surface area contributed by atoms with Crippen molar-refractivity contribution in [2.45, 2.75) is 71.4 Å². The third-order valence-electron chi connectivity index (χ3n) is 8.96. The maximum atomic E-state index is 12.7.